The summed E-state index contributed by atoms with van der Waals surface area (Å²) in [4.78, 5) is 11.9. The molecule has 1 aromatic heterocycles. The van der Waals surface area contributed by atoms with Crippen molar-refractivity contribution in [3.05, 3.63) is 48.3 Å². The first-order valence-corrected chi connectivity index (χ1v) is 9.04. The summed E-state index contributed by atoms with van der Waals surface area (Å²) < 4.78 is 0. The highest BCUT2D eigenvalue weighted by Crippen LogP contribution is 2.19. The number of hydrogen-bond donors (Lipinski definition) is 2. The van der Waals surface area contributed by atoms with Crippen molar-refractivity contribution in [1.82, 2.24) is 14.9 Å². The number of rotatable bonds is 5. The van der Waals surface area contributed by atoms with Crippen LogP contribution in [0.2, 0.25) is 0 Å². The molecule has 122 valence electrons. The monoisotopic (exact) mass is 330 g/mol. The van der Waals surface area contributed by atoms with Crippen LogP contribution in [-0.4, -0.2) is 51.5 Å². The van der Waals surface area contributed by atoms with Crippen LogP contribution in [0.5, 0.6) is 0 Å². The van der Waals surface area contributed by atoms with Gasteiger partial charge >= 0.3 is 0 Å². The molecular weight excluding hydrogens is 308 g/mol. The summed E-state index contributed by atoms with van der Waals surface area (Å²) >= 11 is 1.75. The van der Waals surface area contributed by atoms with E-state index in [1.54, 1.807) is 30.2 Å². The van der Waals surface area contributed by atoms with Crippen molar-refractivity contribution in [2.24, 2.45) is 0 Å². The van der Waals surface area contributed by atoms with Crippen LogP contribution in [0.1, 0.15) is 12.0 Å². The van der Waals surface area contributed by atoms with Gasteiger partial charge in [-0.1, -0.05) is 12.1 Å². The number of hydrogen-bond acceptors (Lipinski definition) is 6. The number of nitrogens with zero attached hydrogens (tertiary/aromatic N) is 3. The average Bonchev–Trinajstić information content (AvgIpc) is 2.59. The molecule has 0 aliphatic carbocycles. The van der Waals surface area contributed by atoms with Crippen molar-refractivity contribution >= 4 is 17.7 Å². The van der Waals surface area contributed by atoms with Crippen LogP contribution in [-0.2, 0) is 6.54 Å². The lowest BCUT2D eigenvalue weighted by Gasteiger charge is -2.36. The Bertz CT molecular complexity index is 608. The molecule has 1 aliphatic rings. The highest BCUT2D eigenvalue weighted by Gasteiger charge is 2.28. The molecule has 3 rings (SSSR count). The Morgan fingerprint density at radius 1 is 1.26 bits per heavy atom. The summed E-state index contributed by atoms with van der Waals surface area (Å²) in [6, 6.07) is 10.4. The molecule has 1 aromatic carbocycles. The smallest absolute Gasteiger partial charge is 0.222 e. The van der Waals surface area contributed by atoms with Gasteiger partial charge in [-0.2, -0.15) is 0 Å². The number of thioether (sulfide) groups is 1. The minimum absolute atomic E-state index is 0.00696. The zero-order valence-corrected chi connectivity index (χ0v) is 14.0. The maximum atomic E-state index is 10.4. The van der Waals surface area contributed by atoms with Crippen LogP contribution in [0, 0.1) is 0 Å². The summed E-state index contributed by atoms with van der Waals surface area (Å²) in [5.41, 5.74) is 1.29. The molecule has 5 nitrogen and oxygen atoms in total. The minimum Gasteiger partial charge on any atom is -0.390 e. The molecular formula is C17H22N4OS. The number of likely N-dealkylation sites (tertiary alicyclic amines) is 1. The number of β-amino-alcohol motifs (C(OH)–C–C–N with tert-alkyl or cyclic N) is 1. The third kappa shape index (κ3) is 4.43. The quantitative estimate of drug-likeness (QED) is 0.820. The van der Waals surface area contributed by atoms with Gasteiger partial charge in [0.25, 0.3) is 0 Å². The molecule has 2 aromatic rings. The minimum atomic E-state index is -0.418. The average molecular weight is 330 g/mol. The molecule has 2 atom stereocenters. The molecule has 1 aliphatic heterocycles. The largest absolute Gasteiger partial charge is 0.390 e. The van der Waals surface area contributed by atoms with Crippen LogP contribution in [0.4, 0.5) is 5.95 Å². The topological polar surface area (TPSA) is 61.3 Å². The number of benzene rings is 1. The van der Waals surface area contributed by atoms with Gasteiger partial charge < -0.3 is 10.4 Å². The van der Waals surface area contributed by atoms with E-state index in [0.29, 0.717) is 12.5 Å². The summed E-state index contributed by atoms with van der Waals surface area (Å²) in [6.07, 6.45) is 5.95. The molecule has 0 bridgehead atoms. The van der Waals surface area contributed by atoms with E-state index in [4.69, 9.17) is 0 Å². The van der Waals surface area contributed by atoms with Crippen LogP contribution in [0.3, 0.4) is 0 Å². The first kappa shape index (κ1) is 16.2. The second-order valence-electron chi connectivity index (χ2n) is 5.76. The molecule has 2 unspecified atom stereocenters. The fourth-order valence-corrected chi connectivity index (χ4v) is 3.25. The Morgan fingerprint density at radius 2 is 2.00 bits per heavy atom. The lowest BCUT2D eigenvalue weighted by atomic mass is 10.0. The Hall–Kier alpha value is -1.63. The van der Waals surface area contributed by atoms with Crippen LogP contribution < -0.4 is 5.32 Å². The van der Waals surface area contributed by atoms with Crippen molar-refractivity contribution in [3.8, 4) is 0 Å². The predicted molar refractivity (Wildman–Crippen MR) is 93.6 cm³/mol. The maximum Gasteiger partial charge on any atom is 0.222 e. The van der Waals surface area contributed by atoms with Gasteiger partial charge in [0, 0.05) is 36.9 Å². The van der Waals surface area contributed by atoms with Crippen LogP contribution in [0.15, 0.2) is 47.6 Å². The van der Waals surface area contributed by atoms with Gasteiger partial charge in [-0.3, -0.25) is 4.90 Å². The standard InChI is InChI=1S/C17H22N4OS/c1-23-14-5-3-13(4-6-14)11-21-10-7-15(16(22)12-21)20-17-18-8-2-9-19-17/h2-6,8-9,15-16,22H,7,10-12H2,1H3,(H,18,19,20). The second kappa shape index (κ2) is 7.77. The van der Waals surface area contributed by atoms with E-state index >= 15 is 0 Å². The van der Waals surface area contributed by atoms with Crippen molar-refractivity contribution in [2.75, 3.05) is 24.7 Å². The second-order valence-corrected chi connectivity index (χ2v) is 6.64. The molecule has 2 heterocycles. The lowest BCUT2D eigenvalue weighted by molar-refractivity contribution is 0.0559. The predicted octanol–water partition coefficient (Wildman–Crippen LogP) is 2.25. The normalized spacial score (nSPS) is 22.0. The Kier molecular flexibility index (Phi) is 5.48. The van der Waals surface area contributed by atoms with E-state index < -0.39 is 6.10 Å². The van der Waals surface area contributed by atoms with E-state index in [9.17, 15) is 5.11 Å². The van der Waals surface area contributed by atoms with Gasteiger partial charge in [-0.15, -0.1) is 11.8 Å². The van der Waals surface area contributed by atoms with Gasteiger partial charge in [0.05, 0.1) is 12.1 Å². The fourth-order valence-electron chi connectivity index (χ4n) is 2.84. The van der Waals surface area contributed by atoms with Crippen molar-refractivity contribution < 1.29 is 5.11 Å². The molecule has 0 amide bonds. The van der Waals surface area contributed by atoms with E-state index in [1.165, 1.54) is 10.5 Å². The SMILES string of the molecule is CSc1ccc(CN2CCC(Nc3ncccn3)C(O)C2)cc1. The third-order valence-corrected chi connectivity index (χ3v) is 4.86. The van der Waals surface area contributed by atoms with Gasteiger partial charge in [-0.25, -0.2) is 9.97 Å². The fraction of sp³-hybridized carbons (Fsp3) is 0.412. The molecule has 1 saturated heterocycles. The number of piperidine rings is 1. The number of aromatic nitrogens is 2. The first-order valence-electron chi connectivity index (χ1n) is 7.81. The van der Waals surface area contributed by atoms with E-state index in [1.807, 2.05) is 0 Å². The number of aliphatic hydroxyl groups excluding tert-OH is 1. The maximum absolute atomic E-state index is 10.4. The van der Waals surface area contributed by atoms with E-state index in [-0.39, 0.29) is 6.04 Å². The number of nitrogens with one attached hydrogen (secondary N) is 1. The van der Waals surface area contributed by atoms with Crippen molar-refractivity contribution in [2.45, 2.75) is 30.0 Å². The highest BCUT2D eigenvalue weighted by atomic mass is 32.2. The van der Waals surface area contributed by atoms with Crippen molar-refractivity contribution in [1.29, 1.82) is 0 Å². The van der Waals surface area contributed by atoms with Crippen LogP contribution >= 0.6 is 11.8 Å². The summed E-state index contributed by atoms with van der Waals surface area (Å²) in [5, 5.41) is 13.6. The molecule has 6 heteroatoms. The van der Waals surface area contributed by atoms with Gasteiger partial charge in [0.2, 0.25) is 5.95 Å². The zero-order chi connectivity index (χ0) is 16.1. The van der Waals surface area contributed by atoms with E-state index in [2.05, 4.69) is 50.7 Å². The molecule has 2 N–H and O–H groups in total. The molecule has 0 spiro atoms. The third-order valence-electron chi connectivity index (χ3n) is 4.11. The van der Waals surface area contributed by atoms with Gasteiger partial charge in [0.1, 0.15) is 0 Å². The summed E-state index contributed by atoms with van der Waals surface area (Å²) in [7, 11) is 0. The Morgan fingerprint density at radius 3 is 2.65 bits per heavy atom. The van der Waals surface area contributed by atoms with E-state index in [0.717, 1.165) is 19.5 Å². The first-order chi connectivity index (χ1) is 11.2. The van der Waals surface area contributed by atoms with Crippen LogP contribution in [0.25, 0.3) is 0 Å². The van der Waals surface area contributed by atoms with Crippen molar-refractivity contribution in [3.63, 3.8) is 0 Å². The molecule has 0 radical (unpaired) electrons. The molecule has 0 saturated carbocycles. The highest BCUT2D eigenvalue weighted by molar-refractivity contribution is 7.98. The molecule has 23 heavy (non-hydrogen) atoms. The van der Waals surface area contributed by atoms with Gasteiger partial charge in [0.15, 0.2) is 0 Å². The lowest BCUT2D eigenvalue weighted by Crippen LogP contribution is -2.49. The summed E-state index contributed by atoms with van der Waals surface area (Å²) in [5.74, 6) is 0.581. The van der Waals surface area contributed by atoms with Gasteiger partial charge in [-0.05, 0) is 36.4 Å². The zero-order valence-electron chi connectivity index (χ0n) is 13.2. The Labute approximate surface area is 141 Å². The number of anilines is 1. The molecule has 1 fully saturated rings. The summed E-state index contributed by atoms with van der Waals surface area (Å²) in [6.45, 7) is 2.49. The Balaban J connectivity index is 1.53. The number of aliphatic hydroxyl groups is 1.